The van der Waals surface area contributed by atoms with Crippen LogP contribution in [0.2, 0.25) is 0 Å². The van der Waals surface area contributed by atoms with E-state index in [0.717, 1.165) is 18.5 Å². The van der Waals surface area contributed by atoms with Crippen molar-refractivity contribution >= 4 is 15.1 Å². The van der Waals surface area contributed by atoms with Crippen molar-refractivity contribution in [3.8, 4) is 0 Å². The van der Waals surface area contributed by atoms with E-state index in [4.69, 9.17) is 10.6 Å². The molecule has 0 radical (unpaired) electrons. The quantitative estimate of drug-likeness (QED) is 0.462. The van der Waals surface area contributed by atoms with Gasteiger partial charge in [-0.3, -0.25) is 5.84 Å². The highest BCUT2D eigenvalue weighted by atomic mass is 31.0. The molecule has 0 aromatic rings. The monoisotopic (exact) mass is 277 g/mol. The molecular weight excluding hydrogens is 257 g/mol. The minimum atomic E-state index is -0.0000813. The van der Waals surface area contributed by atoms with Gasteiger partial charge in [-0.15, -0.1) is 9.24 Å². The van der Waals surface area contributed by atoms with Crippen LogP contribution in [-0.4, -0.2) is 17.7 Å². The first-order valence-corrected chi connectivity index (χ1v) is 7.03. The Hall–Kier alpha value is -1.38. The molecule has 0 saturated carbocycles. The van der Waals surface area contributed by atoms with Crippen LogP contribution in [0.4, 0.5) is 0 Å². The second-order valence-corrected chi connectivity index (χ2v) is 5.46. The maximum absolute atomic E-state index is 5.94. The molecule has 1 aliphatic heterocycles. The van der Waals surface area contributed by atoms with Gasteiger partial charge in [-0.2, -0.15) is 0 Å². The molecule has 0 aromatic carbocycles. The van der Waals surface area contributed by atoms with Crippen LogP contribution in [0, 0.1) is 0 Å². The lowest BCUT2D eigenvalue weighted by Crippen LogP contribution is -2.25. The summed E-state index contributed by atoms with van der Waals surface area (Å²) < 4.78 is 5.94. The third-order valence-electron chi connectivity index (χ3n) is 3.07. The molecular formula is C14H20N3OP. The van der Waals surface area contributed by atoms with E-state index in [1.54, 1.807) is 6.20 Å². The highest BCUT2D eigenvalue weighted by Gasteiger charge is 2.17. The summed E-state index contributed by atoms with van der Waals surface area (Å²) in [7, 11) is 2.77. The summed E-state index contributed by atoms with van der Waals surface area (Å²) in [6, 6.07) is 0. The zero-order valence-corrected chi connectivity index (χ0v) is 12.2. The van der Waals surface area contributed by atoms with Crippen molar-refractivity contribution in [1.29, 1.82) is 0 Å². The van der Waals surface area contributed by atoms with Gasteiger partial charge in [-0.25, -0.2) is 4.99 Å². The zero-order chi connectivity index (χ0) is 13.7. The number of ether oxygens (including phenoxy) is 1. The molecule has 0 saturated heterocycles. The fourth-order valence-corrected chi connectivity index (χ4v) is 2.23. The minimum absolute atomic E-state index is 0.0000813. The van der Waals surface area contributed by atoms with Crippen LogP contribution in [0.15, 0.2) is 52.8 Å². The lowest BCUT2D eigenvalue weighted by Gasteiger charge is -2.22. The van der Waals surface area contributed by atoms with Gasteiger partial charge in [0.25, 0.3) is 0 Å². The number of nitrogens with two attached hydrogens (primary N) is 1. The fraction of sp³-hybridized carbons (Fsp3) is 0.357. The second-order valence-electron chi connectivity index (χ2n) is 4.69. The van der Waals surface area contributed by atoms with E-state index in [1.165, 1.54) is 5.57 Å². The number of hydrogen-bond acceptors (Lipinski definition) is 4. The molecule has 0 aromatic heterocycles. The van der Waals surface area contributed by atoms with E-state index in [9.17, 15) is 0 Å². The summed E-state index contributed by atoms with van der Waals surface area (Å²) in [6.45, 7) is 2.08. The van der Waals surface area contributed by atoms with Crippen molar-refractivity contribution in [2.45, 2.75) is 31.5 Å². The molecule has 3 unspecified atom stereocenters. The third-order valence-corrected chi connectivity index (χ3v) is 3.67. The van der Waals surface area contributed by atoms with E-state index in [1.807, 2.05) is 24.3 Å². The Bertz CT molecular complexity index is 477. The van der Waals surface area contributed by atoms with Gasteiger partial charge in [0.2, 0.25) is 5.90 Å². The smallest absolute Gasteiger partial charge is 0.213 e. The lowest BCUT2D eigenvalue weighted by molar-refractivity contribution is 0.244. The highest BCUT2D eigenvalue weighted by molar-refractivity contribution is 7.18. The molecule has 3 atom stereocenters. The molecule has 5 heteroatoms. The molecule has 0 spiro atoms. The Kier molecular flexibility index (Phi) is 4.94. The van der Waals surface area contributed by atoms with Crippen molar-refractivity contribution in [3.63, 3.8) is 0 Å². The van der Waals surface area contributed by atoms with Crippen LogP contribution in [0.1, 0.15) is 19.8 Å². The summed E-state index contributed by atoms with van der Waals surface area (Å²) in [5.41, 5.74) is 5.08. The summed E-state index contributed by atoms with van der Waals surface area (Å²) in [5, 5.41) is 0. The highest BCUT2D eigenvalue weighted by Crippen LogP contribution is 2.19. The molecule has 102 valence electrons. The normalized spacial score (nSPS) is 35.0. The third kappa shape index (κ3) is 4.05. The number of hydrazine groups is 1. The van der Waals surface area contributed by atoms with Crippen molar-refractivity contribution in [2.24, 2.45) is 10.8 Å². The van der Waals surface area contributed by atoms with Crippen LogP contribution >= 0.6 is 9.24 Å². The van der Waals surface area contributed by atoms with E-state index in [2.05, 4.69) is 32.7 Å². The number of aliphatic imine (C=N–C) groups is 1. The summed E-state index contributed by atoms with van der Waals surface area (Å²) in [4.78, 5) is 4.36. The average Bonchev–Trinajstić information content (AvgIpc) is 2.39. The van der Waals surface area contributed by atoms with E-state index < -0.39 is 0 Å². The zero-order valence-electron chi connectivity index (χ0n) is 11.0. The largest absolute Gasteiger partial charge is 0.469 e. The minimum Gasteiger partial charge on any atom is -0.469 e. The van der Waals surface area contributed by atoms with Gasteiger partial charge in [0, 0.05) is 11.4 Å². The first kappa shape index (κ1) is 14.0. The Labute approximate surface area is 116 Å². The van der Waals surface area contributed by atoms with Crippen molar-refractivity contribution in [3.05, 3.63) is 47.9 Å². The molecule has 1 heterocycles. The van der Waals surface area contributed by atoms with Crippen LogP contribution in [0.25, 0.3) is 0 Å². The van der Waals surface area contributed by atoms with Gasteiger partial charge in [0.05, 0.1) is 6.20 Å². The average molecular weight is 277 g/mol. The van der Waals surface area contributed by atoms with Gasteiger partial charge in [0.1, 0.15) is 6.10 Å². The van der Waals surface area contributed by atoms with Crippen molar-refractivity contribution < 1.29 is 4.74 Å². The predicted octanol–water partition coefficient (Wildman–Crippen LogP) is 2.18. The SMILES string of the molecule is C/C1=C/C(OC2C=CC=CC2P)=N/C=C(/NN)CC1. The Morgan fingerprint density at radius 2 is 2.16 bits per heavy atom. The lowest BCUT2D eigenvalue weighted by atomic mass is 10.1. The van der Waals surface area contributed by atoms with Crippen molar-refractivity contribution in [2.75, 3.05) is 0 Å². The first-order valence-electron chi connectivity index (χ1n) is 6.37. The van der Waals surface area contributed by atoms with Crippen molar-refractivity contribution in [1.82, 2.24) is 5.43 Å². The predicted molar refractivity (Wildman–Crippen MR) is 82.5 cm³/mol. The molecule has 2 rings (SSSR count). The number of allylic oxidation sites excluding steroid dienone is 4. The summed E-state index contributed by atoms with van der Waals surface area (Å²) in [5.74, 6) is 6.08. The molecule has 2 aliphatic rings. The molecule has 0 fully saturated rings. The summed E-state index contributed by atoms with van der Waals surface area (Å²) >= 11 is 0. The van der Waals surface area contributed by atoms with Gasteiger partial charge in [-0.05, 0) is 31.9 Å². The van der Waals surface area contributed by atoms with Gasteiger partial charge in [0.15, 0.2) is 0 Å². The molecule has 4 nitrogen and oxygen atoms in total. The molecule has 0 bridgehead atoms. The maximum Gasteiger partial charge on any atom is 0.213 e. The standard InChI is InChI=1S/C14H20N3OP/c1-10-6-7-11(17-15)9-16-14(8-10)18-12-4-2-3-5-13(12)19/h2-5,8-9,12-13,17H,6-7,15,19H2,1H3/b10-8-,11-9+,16-14-. The Morgan fingerprint density at radius 3 is 2.89 bits per heavy atom. The van der Waals surface area contributed by atoms with Crippen LogP contribution < -0.4 is 11.3 Å². The van der Waals surface area contributed by atoms with E-state index in [0.29, 0.717) is 5.90 Å². The number of nitrogens with zero attached hydrogens (tertiary/aromatic N) is 1. The molecule has 1 aliphatic carbocycles. The van der Waals surface area contributed by atoms with Gasteiger partial charge >= 0.3 is 0 Å². The van der Waals surface area contributed by atoms with E-state index in [-0.39, 0.29) is 11.8 Å². The van der Waals surface area contributed by atoms with Crippen LogP contribution in [0.3, 0.4) is 0 Å². The Balaban J connectivity index is 2.14. The molecule has 3 N–H and O–H groups in total. The fourth-order valence-electron chi connectivity index (χ4n) is 1.89. The van der Waals surface area contributed by atoms with Gasteiger partial charge in [-0.1, -0.05) is 23.8 Å². The molecule has 0 amide bonds. The van der Waals surface area contributed by atoms with Crippen LogP contribution in [-0.2, 0) is 4.74 Å². The number of nitrogens with one attached hydrogen (secondary N) is 1. The topological polar surface area (TPSA) is 59.6 Å². The van der Waals surface area contributed by atoms with Crippen LogP contribution in [0.5, 0.6) is 0 Å². The Morgan fingerprint density at radius 1 is 1.37 bits per heavy atom. The summed E-state index contributed by atoms with van der Waals surface area (Å²) in [6.07, 6.45) is 13.7. The van der Waals surface area contributed by atoms with Gasteiger partial charge < -0.3 is 10.2 Å². The van der Waals surface area contributed by atoms with E-state index >= 15 is 0 Å². The number of hydrogen-bond donors (Lipinski definition) is 2. The maximum atomic E-state index is 5.94. The molecule has 19 heavy (non-hydrogen) atoms. The second kappa shape index (κ2) is 6.69. The number of rotatable bonds is 2. The first-order chi connectivity index (χ1) is 9.19.